The summed E-state index contributed by atoms with van der Waals surface area (Å²) in [4.78, 5) is 0. The molecule has 0 saturated heterocycles. The highest BCUT2D eigenvalue weighted by Crippen LogP contribution is 2.15. The lowest BCUT2D eigenvalue weighted by atomic mass is 10.2. The van der Waals surface area contributed by atoms with Crippen LogP contribution in [0.5, 0.6) is 0 Å². The fraction of sp³-hybridized carbons (Fsp3) is 0.529. The third-order valence-corrected chi connectivity index (χ3v) is 8.30. The molecule has 0 saturated carbocycles. The van der Waals surface area contributed by atoms with E-state index < -0.39 is 8.40 Å². The summed E-state index contributed by atoms with van der Waals surface area (Å²) < 4.78 is 5.13. The van der Waals surface area contributed by atoms with Crippen LogP contribution in [-0.2, 0) is 0 Å². The van der Waals surface area contributed by atoms with Crippen molar-refractivity contribution in [3.05, 3.63) is 35.9 Å². The van der Waals surface area contributed by atoms with E-state index in [9.17, 15) is 0 Å². The standard InChI is InChI=1S/C17H28N2Si/c1-6-18(7-2)20(5,19(8-3)9-4)16-15-17-13-11-10-12-14-17/h10-14H,6-9H2,1-5H3. The first kappa shape index (κ1) is 17.0. The molecule has 3 heteroatoms. The van der Waals surface area contributed by atoms with Gasteiger partial charge in [0.05, 0.1) is 0 Å². The number of rotatable bonds is 6. The number of hydrogen-bond donors (Lipinski definition) is 0. The molecule has 0 fully saturated rings. The van der Waals surface area contributed by atoms with E-state index in [1.54, 1.807) is 0 Å². The third-order valence-electron chi connectivity index (χ3n) is 3.98. The van der Waals surface area contributed by atoms with Gasteiger partial charge in [-0.2, -0.15) is 0 Å². The van der Waals surface area contributed by atoms with E-state index >= 15 is 0 Å². The molecule has 0 amide bonds. The summed E-state index contributed by atoms with van der Waals surface area (Å²) in [6.07, 6.45) is 0. The second kappa shape index (κ2) is 8.26. The molecule has 0 aromatic heterocycles. The van der Waals surface area contributed by atoms with Crippen LogP contribution < -0.4 is 0 Å². The van der Waals surface area contributed by atoms with Gasteiger partial charge < -0.3 is 9.13 Å². The van der Waals surface area contributed by atoms with Gasteiger partial charge in [0.1, 0.15) is 0 Å². The van der Waals surface area contributed by atoms with Gasteiger partial charge in [0, 0.05) is 5.56 Å². The highest BCUT2D eigenvalue weighted by molar-refractivity contribution is 6.81. The van der Waals surface area contributed by atoms with Gasteiger partial charge in [-0.25, -0.2) is 0 Å². The van der Waals surface area contributed by atoms with Crippen LogP contribution in [0.1, 0.15) is 33.3 Å². The molecule has 110 valence electrons. The molecule has 0 atom stereocenters. The second-order valence-corrected chi connectivity index (χ2v) is 8.54. The Morgan fingerprint density at radius 2 is 1.30 bits per heavy atom. The maximum absolute atomic E-state index is 3.66. The van der Waals surface area contributed by atoms with E-state index in [1.165, 1.54) is 0 Å². The fourth-order valence-electron chi connectivity index (χ4n) is 2.75. The Balaban J connectivity index is 3.14. The third kappa shape index (κ3) is 3.96. The second-order valence-electron chi connectivity index (χ2n) is 4.98. The lowest BCUT2D eigenvalue weighted by Gasteiger charge is -2.41. The van der Waals surface area contributed by atoms with E-state index in [4.69, 9.17) is 0 Å². The topological polar surface area (TPSA) is 6.48 Å². The van der Waals surface area contributed by atoms with Gasteiger partial charge in [0.2, 0.25) is 0 Å². The summed E-state index contributed by atoms with van der Waals surface area (Å²) in [6, 6.07) is 10.3. The SMILES string of the molecule is CCN(CC)[Si](C)(C#Cc1ccccc1)N(CC)CC. The molecule has 0 heterocycles. The van der Waals surface area contributed by atoms with Crippen molar-refractivity contribution < 1.29 is 0 Å². The summed E-state index contributed by atoms with van der Waals surface area (Å²) >= 11 is 0. The van der Waals surface area contributed by atoms with Gasteiger partial charge in [-0.1, -0.05) is 57.4 Å². The zero-order valence-electron chi connectivity index (χ0n) is 13.6. The van der Waals surface area contributed by atoms with E-state index in [1.807, 2.05) is 6.07 Å². The van der Waals surface area contributed by atoms with Crippen LogP contribution in [0.2, 0.25) is 6.55 Å². The van der Waals surface area contributed by atoms with E-state index in [0.717, 1.165) is 31.7 Å². The molecule has 1 aromatic rings. The van der Waals surface area contributed by atoms with Gasteiger partial charge in [0.15, 0.2) is 0 Å². The predicted molar refractivity (Wildman–Crippen MR) is 90.8 cm³/mol. The first-order chi connectivity index (χ1) is 9.62. The minimum Gasteiger partial charge on any atom is -0.303 e. The molecule has 0 spiro atoms. The largest absolute Gasteiger partial charge is 0.303 e. The Bertz CT molecular complexity index is 427. The van der Waals surface area contributed by atoms with Crippen LogP contribution in [0, 0.1) is 11.5 Å². The van der Waals surface area contributed by atoms with Crippen molar-refractivity contribution in [2.75, 3.05) is 26.2 Å². The van der Waals surface area contributed by atoms with E-state index in [-0.39, 0.29) is 0 Å². The van der Waals surface area contributed by atoms with Crippen molar-refractivity contribution in [3.63, 3.8) is 0 Å². The monoisotopic (exact) mass is 288 g/mol. The van der Waals surface area contributed by atoms with Gasteiger partial charge in [-0.15, -0.1) is 0 Å². The molecule has 0 bridgehead atoms. The highest BCUT2D eigenvalue weighted by Gasteiger charge is 2.37. The zero-order valence-corrected chi connectivity index (χ0v) is 14.6. The summed E-state index contributed by atoms with van der Waals surface area (Å²) in [5.74, 6) is 3.41. The summed E-state index contributed by atoms with van der Waals surface area (Å²) in [5.41, 5.74) is 4.77. The van der Waals surface area contributed by atoms with Gasteiger partial charge in [0.25, 0.3) is 8.40 Å². The molecule has 0 unspecified atom stereocenters. The van der Waals surface area contributed by atoms with Crippen molar-refractivity contribution >= 4 is 8.40 Å². The van der Waals surface area contributed by atoms with Crippen molar-refractivity contribution in [2.24, 2.45) is 0 Å². The number of nitrogens with zero attached hydrogens (tertiary/aromatic N) is 2. The van der Waals surface area contributed by atoms with Crippen molar-refractivity contribution in [2.45, 2.75) is 34.2 Å². The Kier molecular flexibility index (Phi) is 7.01. The van der Waals surface area contributed by atoms with Crippen molar-refractivity contribution in [1.29, 1.82) is 0 Å². The Morgan fingerprint density at radius 1 is 0.850 bits per heavy atom. The summed E-state index contributed by atoms with van der Waals surface area (Å²) in [5, 5.41) is 0. The number of benzene rings is 1. The quantitative estimate of drug-likeness (QED) is 0.585. The molecule has 1 rings (SSSR count). The maximum atomic E-state index is 3.66. The van der Waals surface area contributed by atoms with E-state index in [0.29, 0.717) is 0 Å². The molecular weight excluding hydrogens is 260 g/mol. The molecule has 0 aliphatic heterocycles. The lowest BCUT2D eigenvalue weighted by Crippen LogP contribution is -2.63. The van der Waals surface area contributed by atoms with E-state index in [2.05, 4.69) is 79.1 Å². The maximum Gasteiger partial charge on any atom is 0.286 e. The van der Waals surface area contributed by atoms with Crippen molar-refractivity contribution in [1.82, 2.24) is 9.13 Å². The lowest BCUT2D eigenvalue weighted by molar-refractivity contribution is 0.368. The van der Waals surface area contributed by atoms with Crippen LogP contribution in [0.3, 0.4) is 0 Å². The Morgan fingerprint density at radius 3 is 1.70 bits per heavy atom. The van der Waals surface area contributed by atoms with Gasteiger partial charge in [-0.05, 0) is 44.9 Å². The molecule has 1 aromatic carbocycles. The smallest absolute Gasteiger partial charge is 0.286 e. The van der Waals surface area contributed by atoms with Crippen LogP contribution >= 0.6 is 0 Å². The fourth-order valence-corrected chi connectivity index (χ4v) is 6.31. The molecule has 0 N–H and O–H groups in total. The Labute approximate surface area is 126 Å². The summed E-state index contributed by atoms with van der Waals surface area (Å²) in [6.45, 7) is 15.6. The summed E-state index contributed by atoms with van der Waals surface area (Å²) in [7, 11) is -1.89. The number of hydrogen-bond acceptors (Lipinski definition) is 2. The first-order valence-electron chi connectivity index (χ1n) is 7.70. The molecular formula is C17H28N2Si. The molecule has 20 heavy (non-hydrogen) atoms. The van der Waals surface area contributed by atoms with Gasteiger partial charge >= 0.3 is 0 Å². The average Bonchev–Trinajstić information content (AvgIpc) is 2.49. The molecule has 0 aliphatic carbocycles. The van der Waals surface area contributed by atoms with Crippen LogP contribution in [0.15, 0.2) is 30.3 Å². The van der Waals surface area contributed by atoms with Crippen LogP contribution in [-0.4, -0.2) is 43.7 Å². The molecule has 0 aliphatic rings. The van der Waals surface area contributed by atoms with Crippen LogP contribution in [0.4, 0.5) is 0 Å². The van der Waals surface area contributed by atoms with Crippen molar-refractivity contribution in [3.8, 4) is 11.5 Å². The molecule has 2 nitrogen and oxygen atoms in total. The average molecular weight is 289 g/mol. The minimum atomic E-state index is -1.89. The highest BCUT2D eigenvalue weighted by atomic mass is 28.3. The first-order valence-corrected chi connectivity index (χ1v) is 10.1. The Hall–Kier alpha value is -1.08. The predicted octanol–water partition coefficient (Wildman–Crippen LogP) is 3.33. The minimum absolute atomic E-state index is 1.07. The molecule has 0 radical (unpaired) electrons. The van der Waals surface area contributed by atoms with Gasteiger partial charge in [-0.3, -0.25) is 0 Å². The normalized spacial score (nSPS) is 11.6. The zero-order chi connectivity index (χ0) is 15.0. The van der Waals surface area contributed by atoms with Crippen LogP contribution in [0.25, 0.3) is 0 Å².